The highest BCUT2D eigenvalue weighted by Crippen LogP contribution is 2.19. The van der Waals surface area contributed by atoms with E-state index in [0.29, 0.717) is 5.92 Å². The van der Waals surface area contributed by atoms with Gasteiger partial charge in [0.15, 0.2) is 5.96 Å². The topological polar surface area (TPSA) is 74.2 Å². The van der Waals surface area contributed by atoms with Gasteiger partial charge in [-0.15, -0.1) is 0 Å². The first-order chi connectivity index (χ1) is 11.2. The molecule has 1 unspecified atom stereocenters. The van der Waals surface area contributed by atoms with E-state index < -0.39 is 0 Å². The third-order valence-corrected chi connectivity index (χ3v) is 4.40. The molecule has 2 N–H and O–H groups in total. The average Bonchev–Trinajstić information content (AvgIpc) is 2.58. The largest absolute Gasteiger partial charge is 0.469 e. The molecule has 134 valence electrons. The number of ether oxygens (including phenoxy) is 1. The van der Waals surface area contributed by atoms with Crippen LogP contribution in [0, 0.1) is 11.8 Å². The summed E-state index contributed by atoms with van der Waals surface area (Å²) in [5, 5.41) is 12.5. The number of aliphatic hydroxyl groups is 1. The molecule has 1 saturated heterocycles. The number of piperidine rings is 1. The van der Waals surface area contributed by atoms with Crippen LogP contribution in [0.5, 0.6) is 0 Å². The predicted molar refractivity (Wildman–Crippen MR) is 92.4 cm³/mol. The Hall–Kier alpha value is -1.30. The molecule has 0 aromatic heterocycles. The molecule has 0 radical (unpaired) electrons. The fourth-order valence-corrected chi connectivity index (χ4v) is 3.05. The number of likely N-dealkylation sites (tertiary alicyclic amines) is 1. The van der Waals surface area contributed by atoms with E-state index in [-0.39, 0.29) is 18.5 Å². The fraction of sp³-hybridized carbons (Fsp3) is 0.882. The molecular formula is C17H33N3O3. The van der Waals surface area contributed by atoms with Gasteiger partial charge in [0.2, 0.25) is 0 Å². The summed E-state index contributed by atoms with van der Waals surface area (Å²) in [6.07, 6.45) is 4.63. The molecule has 1 aliphatic rings. The zero-order valence-corrected chi connectivity index (χ0v) is 14.9. The van der Waals surface area contributed by atoms with E-state index in [1.165, 1.54) is 7.11 Å². The summed E-state index contributed by atoms with van der Waals surface area (Å²) >= 11 is 0. The second-order valence-electron chi connectivity index (χ2n) is 6.15. The number of carbonyl (C=O) groups excluding carboxylic acids is 1. The van der Waals surface area contributed by atoms with Crippen molar-refractivity contribution in [3.05, 3.63) is 0 Å². The van der Waals surface area contributed by atoms with Crippen molar-refractivity contribution in [3.8, 4) is 0 Å². The fourth-order valence-electron chi connectivity index (χ4n) is 3.05. The van der Waals surface area contributed by atoms with Gasteiger partial charge in [-0.25, -0.2) is 0 Å². The molecule has 0 spiro atoms. The predicted octanol–water partition coefficient (Wildman–Crippen LogP) is 1.64. The number of methoxy groups -OCH3 is 1. The van der Waals surface area contributed by atoms with Crippen molar-refractivity contribution in [3.63, 3.8) is 0 Å². The second kappa shape index (κ2) is 11.3. The van der Waals surface area contributed by atoms with Crippen LogP contribution in [0.4, 0.5) is 0 Å². The van der Waals surface area contributed by atoms with E-state index in [2.05, 4.69) is 24.1 Å². The maximum absolute atomic E-state index is 11.6. The molecule has 1 heterocycles. The average molecular weight is 327 g/mol. The Balaban J connectivity index is 2.60. The van der Waals surface area contributed by atoms with Crippen molar-refractivity contribution in [2.75, 3.05) is 39.9 Å². The van der Waals surface area contributed by atoms with Crippen molar-refractivity contribution in [1.82, 2.24) is 10.2 Å². The van der Waals surface area contributed by atoms with Gasteiger partial charge >= 0.3 is 5.97 Å². The number of nitrogens with one attached hydrogen (secondary N) is 1. The Morgan fingerprint density at radius 2 is 2.04 bits per heavy atom. The third-order valence-electron chi connectivity index (χ3n) is 4.40. The van der Waals surface area contributed by atoms with Gasteiger partial charge in [0.1, 0.15) is 0 Å². The van der Waals surface area contributed by atoms with Gasteiger partial charge in [-0.3, -0.25) is 9.79 Å². The highest BCUT2D eigenvalue weighted by atomic mass is 16.5. The smallest absolute Gasteiger partial charge is 0.308 e. The number of hydrogen-bond donors (Lipinski definition) is 2. The lowest BCUT2D eigenvalue weighted by atomic mass is 9.97. The Kier molecular flexibility index (Phi) is 9.67. The normalized spacial score (nSPS) is 17.9. The summed E-state index contributed by atoms with van der Waals surface area (Å²) in [5.41, 5.74) is 0. The van der Waals surface area contributed by atoms with Crippen molar-refractivity contribution >= 4 is 11.9 Å². The summed E-state index contributed by atoms with van der Waals surface area (Å²) in [4.78, 5) is 18.6. The standard InChI is InChI=1S/C17H33N3O3/c1-4-6-14(9-12-21)13-19-17(18-5-2)20-10-7-15(8-11-20)16(22)23-3/h14-15,21H,4-13H2,1-3H3,(H,18,19). The summed E-state index contributed by atoms with van der Waals surface area (Å²) in [5.74, 6) is 1.28. The molecular weight excluding hydrogens is 294 g/mol. The van der Waals surface area contributed by atoms with E-state index in [0.717, 1.165) is 64.2 Å². The molecule has 1 fully saturated rings. The lowest BCUT2D eigenvalue weighted by molar-refractivity contribution is -0.146. The van der Waals surface area contributed by atoms with Gasteiger partial charge in [0.25, 0.3) is 0 Å². The first-order valence-electron chi connectivity index (χ1n) is 8.88. The zero-order valence-electron chi connectivity index (χ0n) is 14.9. The summed E-state index contributed by atoms with van der Waals surface area (Å²) < 4.78 is 4.84. The lowest BCUT2D eigenvalue weighted by Crippen LogP contribution is -2.46. The Morgan fingerprint density at radius 3 is 2.57 bits per heavy atom. The second-order valence-corrected chi connectivity index (χ2v) is 6.15. The molecule has 0 aromatic carbocycles. The summed E-state index contributed by atoms with van der Waals surface area (Å²) in [6.45, 7) is 7.67. The highest BCUT2D eigenvalue weighted by Gasteiger charge is 2.27. The quantitative estimate of drug-likeness (QED) is 0.403. The first-order valence-corrected chi connectivity index (χ1v) is 8.88. The van der Waals surface area contributed by atoms with Crippen molar-refractivity contribution in [1.29, 1.82) is 0 Å². The number of carbonyl (C=O) groups is 1. The number of guanidine groups is 1. The van der Waals surface area contributed by atoms with Gasteiger partial charge < -0.3 is 20.1 Å². The summed E-state index contributed by atoms with van der Waals surface area (Å²) in [7, 11) is 1.45. The van der Waals surface area contributed by atoms with Gasteiger partial charge in [0.05, 0.1) is 13.0 Å². The van der Waals surface area contributed by atoms with E-state index >= 15 is 0 Å². The number of nitrogens with zero attached hydrogens (tertiary/aromatic N) is 2. The van der Waals surface area contributed by atoms with Gasteiger partial charge in [-0.05, 0) is 38.5 Å². The molecule has 23 heavy (non-hydrogen) atoms. The Labute approximate surface area is 140 Å². The molecule has 1 aliphatic heterocycles. The van der Waals surface area contributed by atoms with Gasteiger partial charge in [-0.2, -0.15) is 0 Å². The molecule has 0 aromatic rings. The van der Waals surface area contributed by atoms with Crippen LogP contribution in [0.3, 0.4) is 0 Å². The SMILES string of the molecule is CCCC(CCO)CN=C(NCC)N1CCC(C(=O)OC)CC1. The van der Waals surface area contributed by atoms with E-state index in [1.54, 1.807) is 0 Å². The lowest BCUT2D eigenvalue weighted by Gasteiger charge is -2.33. The van der Waals surface area contributed by atoms with Crippen LogP contribution in [-0.4, -0.2) is 61.8 Å². The van der Waals surface area contributed by atoms with Crippen molar-refractivity contribution in [2.45, 2.75) is 46.0 Å². The number of esters is 1. The molecule has 1 rings (SSSR count). The van der Waals surface area contributed by atoms with E-state index in [1.807, 2.05) is 0 Å². The minimum Gasteiger partial charge on any atom is -0.469 e. The van der Waals surface area contributed by atoms with Crippen LogP contribution in [0.25, 0.3) is 0 Å². The summed E-state index contributed by atoms with van der Waals surface area (Å²) in [6, 6.07) is 0. The zero-order chi connectivity index (χ0) is 17.1. The Morgan fingerprint density at radius 1 is 1.35 bits per heavy atom. The van der Waals surface area contributed by atoms with Crippen LogP contribution in [-0.2, 0) is 9.53 Å². The maximum atomic E-state index is 11.6. The molecule has 6 heteroatoms. The molecule has 0 saturated carbocycles. The number of rotatable bonds is 8. The molecule has 0 amide bonds. The molecule has 6 nitrogen and oxygen atoms in total. The number of aliphatic hydroxyl groups excluding tert-OH is 1. The number of aliphatic imine (C=N–C) groups is 1. The van der Waals surface area contributed by atoms with E-state index in [9.17, 15) is 4.79 Å². The first kappa shape index (κ1) is 19.7. The van der Waals surface area contributed by atoms with Crippen LogP contribution < -0.4 is 5.32 Å². The maximum Gasteiger partial charge on any atom is 0.308 e. The Bertz CT molecular complexity index is 360. The number of hydrogen-bond acceptors (Lipinski definition) is 4. The highest BCUT2D eigenvalue weighted by molar-refractivity contribution is 5.80. The van der Waals surface area contributed by atoms with E-state index in [4.69, 9.17) is 14.8 Å². The van der Waals surface area contributed by atoms with Gasteiger partial charge in [0, 0.05) is 32.8 Å². The monoisotopic (exact) mass is 327 g/mol. The molecule has 0 bridgehead atoms. The van der Waals surface area contributed by atoms with Crippen molar-refractivity contribution < 1.29 is 14.6 Å². The van der Waals surface area contributed by atoms with Crippen LogP contribution in [0.1, 0.15) is 46.0 Å². The molecule has 1 atom stereocenters. The van der Waals surface area contributed by atoms with Gasteiger partial charge in [-0.1, -0.05) is 13.3 Å². The molecule has 0 aliphatic carbocycles. The van der Waals surface area contributed by atoms with Crippen LogP contribution >= 0.6 is 0 Å². The third kappa shape index (κ3) is 6.77. The van der Waals surface area contributed by atoms with Crippen LogP contribution in [0.2, 0.25) is 0 Å². The minimum absolute atomic E-state index is 0.0151. The van der Waals surface area contributed by atoms with Crippen LogP contribution in [0.15, 0.2) is 4.99 Å². The van der Waals surface area contributed by atoms with Crippen molar-refractivity contribution in [2.24, 2.45) is 16.8 Å². The minimum atomic E-state index is -0.0995.